The molecule has 0 aliphatic carbocycles. The van der Waals surface area contributed by atoms with Gasteiger partial charge in [-0.25, -0.2) is 4.79 Å². The van der Waals surface area contributed by atoms with Gasteiger partial charge >= 0.3 is 16.8 Å². The van der Waals surface area contributed by atoms with Gasteiger partial charge < -0.3 is 15.2 Å². The molecule has 0 fully saturated rings. The number of rotatable bonds is 6. The van der Waals surface area contributed by atoms with Crippen LogP contribution in [0.25, 0.3) is 0 Å². The quantitative estimate of drug-likeness (QED) is 0.675. The molecule has 1 amide bonds. The lowest BCUT2D eigenvalue weighted by atomic mass is 10.2. The van der Waals surface area contributed by atoms with Crippen molar-refractivity contribution in [2.45, 2.75) is 25.9 Å². The van der Waals surface area contributed by atoms with Gasteiger partial charge in [0.25, 0.3) is 0 Å². The van der Waals surface area contributed by atoms with Gasteiger partial charge in [0.2, 0.25) is 5.91 Å². The number of aromatic nitrogens is 1. The van der Waals surface area contributed by atoms with Crippen LogP contribution < -0.4 is 10.2 Å². The summed E-state index contributed by atoms with van der Waals surface area (Å²) in [5.74, 6) is -2.76. The molecular weight excluding hydrogens is 288 g/mol. The fraction of sp³-hybridized carbons (Fsp3) is 0.455. The predicted molar refractivity (Wildman–Crippen MR) is 69.5 cm³/mol. The molecule has 0 aliphatic rings. The Kier molecular flexibility index (Phi) is 5.44. The van der Waals surface area contributed by atoms with Crippen LogP contribution in [0.5, 0.6) is 0 Å². The minimum absolute atomic E-state index is 0.293. The molecule has 0 aliphatic heterocycles. The van der Waals surface area contributed by atoms with E-state index >= 15 is 0 Å². The van der Waals surface area contributed by atoms with Crippen molar-refractivity contribution in [3.05, 3.63) is 20.7 Å². The number of hydrogen-bond acceptors (Lipinski definition) is 6. The fourth-order valence-corrected chi connectivity index (χ4v) is 2.16. The largest absolute Gasteiger partial charge is 0.480 e. The van der Waals surface area contributed by atoms with Crippen molar-refractivity contribution in [2.24, 2.45) is 0 Å². The third-order valence-electron chi connectivity index (χ3n) is 2.51. The molecule has 0 saturated carbocycles. The summed E-state index contributed by atoms with van der Waals surface area (Å²) >= 11 is 0.949. The first-order chi connectivity index (χ1) is 9.35. The van der Waals surface area contributed by atoms with Crippen molar-refractivity contribution in [2.75, 3.05) is 7.11 Å². The first-order valence-corrected chi connectivity index (χ1v) is 6.47. The van der Waals surface area contributed by atoms with Gasteiger partial charge in [-0.2, -0.15) is 0 Å². The van der Waals surface area contributed by atoms with Crippen LogP contribution in [0.15, 0.2) is 10.2 Å². The van der Waals surface area contributed by atoms with Crippen molar-refractivity contribution in [3.8, 4) is 0 Å². The van der Waals surface area contributed by atoms with Crippen LogP contribution in [-0.2, 0) is 25.7 Å². The van der Waals surface area contributed by atoms with Crippen LogP contribution in [0.2, 0.25) is 0 Å². The van der Waals surface area contributed by atoms with Crippen molar-refractivity contribution >= 4 is 29.2 Å². The number of aliphatic carboxylic acids is 1. The van der Waals surface area contributed by atoms with E-state index in [1.165, 1.54) is 4.57 Å². The molecule has 2 N–H and O–H groups in total. The van der Waals surface area contributed by atoms with Gasteiger partial charge in [-0.05, 0) is 6.92 Å². The molecule has 110 valence electrons. The number of esters is 1. The van der Waals surface area contributed by atoms with Crippen LogP contribution in [0.3, 0.4) is 0 Å². The minimum atomic E-state index is -1.38. The topological polar surface area (TPSA) is 115 Å². The summed E-state index contributed by atoms with van der Waals surface area (Å²) in [6, 6.07) is -1.38. The maximum Gasteiger partial charge on any atom is 0.326 e. The highest BCUT2D eigenvalue weighted by atomic mass is 32.1. The summed E-state index contributed by atoms with van der Waals surface area (Å²) in [7, 11) is 1.12. The molecule has 8 nitrogen and oxygen atoms in total. The normalized spacial score (nSPS) is 11.7. The van der Waals surface area contributed by atoms with Gasteiger partial charge in [0, 0.05) is 11.1 Å². The molecule has 0 saturated heterocycles. The Morgan fingerprint density at radius 3 is 2.60 bits per heavy atom. The lowest BCUT2D eigenvalue weighted by molar-refractivity contribution is -0.148. The highest BCUT2D eigenvalue weighted by Gasteiger charge is 2.24. The number of thiazole rings is 1. The van der Waals surface area contributed by atoms with E-state index < -0.39 is 30.3 Å². The summed E-state index contributed by atoms with van der Waals surface area (Å²) < 4.78 is 5.57. The smallest absolute Gasteiger partial charge is 0.326 e. The molecule has 0 radical (unpaired) electrons. The van der Waals surface area contributed by atoms with Gasteiger partial charge in [0.1, 0.15) is 12.6 Å². The van der Waals surface area contributed by atoms with Crippen LogP contribution >= 0.6 is 11.3 Å². The Labute approximate surface area is 118 Å². The van der Waals surface area contributed by atoms with E-state index in [1.807, 2.05) is 0 Å². The second kappa shape index (κ2) is 6.85. The number of methoxy groups -OCH3 is 1. The van der Waals surface area contributed by atoms with E-state index in [0.717, 1.165) is 18.4 Å². The Bertz CT molecular complexity index is 576. The summed E-state index contributed by atoms with van der Waals surface area (Å²) in [5, 5.41) is 12.7. The van der Waals surface area contributed by atoms with Crippen LogP contribution in [0.4, 0.5) is 0 Å². The third-order valence-corrected chi connectivity index (χ3v) is 3.39. The van der Waals surface area contributed by atoms with Crippen molar-refractivity contribution in [1.29, 1.82) is 0 Å². The lowest BCUT2D eigenvalue weighted by Crippen LogP contribution is -2.44. The minimum Gasteiger partial charge on any atom is -0.480 e. The molecule has 0 spiro atoms. The standard InChI is InChI=1S/C11H14N2O6S/c1-6-5-20-11(18)13(6)4-8(14)12-7(10(16)17)3-9(15)19-2/h5,7H,3-4H2,1-2H3,(H,12,14)(H,16,17)/t7-/m0/s1. The predicted octanol–water partition coefficient (Wildman–Crippen LogP) is -0.649. The van der Waals surface area contributed by atoms with Crippen molar-refractivity contribution < 1.29 is 24.2 Å². The van der Waals surface area contributed by atoms with E-state index in [1.54, 1.807) is 12.3 Å². The van der Waals surface area contributed by atoms with Crippen molar-refractivity contribution in [3.63, 3.8) is 0 Å². The van der Waals surface area contributed by atoms with Gasteiger partial charge in [-0.3, -0.25) is 19.0 Å². The Hall–Kier alpha value is -2.16. The number of carboxylic acids is 1. The molecular formula is C11H14N2O6S. The van der Waals surface area contributed by atoms with Gasteiger partial charge in [0.05, 0.1) is 13.5 Å². The lowest BCUT2D eigenvalue weighted by Gasteiger charge is -2.13. The number of hydrogen-bond donors (Lipinski definition) is 2. The SMILES string of the molecule is COC(=O)C[C@H](NC(=O)Cn1c(C)csc1=O)C(=O)O. The highest BCUT2D eigenvalue weighted by molar-refractivity contribution is 7.07. The monoisotopic (exact) mass is 302 g/mol. The number of carbonyl (C=O) groups excluding carboxylic acids is 2. The van der Waals surface area contributed by atoms with Crippen LogP contribution in [0.1, 0.15) is 12.1 Å². The average Bonchev–Trinajstić information content (AvgIpc) is 2.69. The number of ether oxygens (including phenoxy) is 1. The zero-order valence-electron chi connectivity index (χ0n) is 10.9. The zero-order chi connectivity index (χ0) is 15.3. The van der Waals surface area contributed by atoms with E-state index in [0.29, 0.717) is 5.69 Å². The van der Waals surface area contributed by atoms with Crippen LogP contribution in [0, 0.1) is 6.92 Å². The number of carbonyl (C=O) groups is 3. The number of carboxylic acid groups (broad SMARTS) is 1. The maximum atomic E-state index is 11.7. The molecule has 0 bridgehead atoms. The molecule has 1 aromatic heterocycles. The molecule has 20 heavy (non-hydrogen) atoms. The Morgan fingerprint density at radius 1 is 1.50 bits per heavy atom. The fourth-order valence-electron chi connectivity index (χ4n) is 1.43. The molecule has 1 aromatic rings. The van der Waals surface area contributed by atoms with E-state index in [-0.39, 0.29) is 11.4 Å². The Balaban J connectivity index is 2.70. The maximum absolute atomic E-state index is 11.7. The molecule has 1 heterocycles. The highest BCUT2D eigenvalue weighted by Crippen LogP contribution is 2.00. The van der Waals surface area contributed by atoms with Gasteiger partial charge in [-0.1, -0.05) is 11.3 Å². The first kappa shape index (κ1) is 15.9. The van der Waals surface area contributed by atoms with E-state index in [2.05, 4.69) is 10.1 Å². The molecule has 1 atom stereocenters. The molecule has 0 aromatic carbocycles. The molecule has 1 rings (SSSR count). The summed E-state index contributed by atoms with van der Waals surface area (Å²) in [4.78, 5) is 44.8. The number of amides is 1. The third kappa shape index (κ3) is 4.19. The number of nitrogens with one attached hydrogen (secondary N) is 1. The second-order valence-electron chi connectivity index (χ2n) is 3.97. The average molecular weight is 302 g/mol. The zero-order valence-corrected chi connectivity index (χ0v) is 11.7. The van der Waals surface area contributed by atoms with Gasteiger partial charge in [-0.15, -0.1) is 0 Å². The van der Waals surface area contributed by atoms with E-state index in [9.17, 15) is 19.2 Å². The second-order valence-corrected chi connectivity index (χ2v) is 4.79. The Morgan fingerprint density at radius 2 is 2.15 bits per heavy atom. The summed E-state index contributed by atoms with van der Waals surface area (Å²) in [6.07, 6.45) is -0.477. The van der Waals surface area contributed by atoms with Crippen LogP contribution in [-0.4, -0.2) is 40.7 Å². The summed E-state index contributed by atoms with van der Waals surface area (Å²) in [6.45, 7) is 1.37. The van der Waals surface area contributed by atoms with E-state index in [4.69, 9.17) is 5.11 Å². The number of aryl methyl sites for hydroxylation is 1. The summed E-state index contributed by atoms with van der Waals surface area (Å²) in [5.41, 5.74) is 0.606. The number of nitrogens with zero attached hydrogens (tertiary/aromatic N) is 1. The molecule has 0 unspecified atom stereocenters. The molecule has 9 heteroatoms. The van der Waals surface area contributed by atoms with Crippen molar-refractivity contribution in [1.82, 2.24) is 9.88 Å². The van der Waals surface area contributed by atoms with Gasteiger partial charge in [0.15, 0.2) is 0 Å². The first-order valence-electron chi connectivity index (χ1n) is 5.59.